The number of anilines is 1. The van der Waals surface area contributed by atoms with E-state index >= 15 is 0 Å². The van der Waals surface area contributed by atoms with Crippen LogP contribution in [0.3, 0.4) is 0 Å². The smallest absolute Gasteiger partial charge is 0.187 e. The van der Waals surface area contributed by atoms with Crippen molar-refractivity contribution in [3.63, 3.8) is 0 Å². The topological polar surface area (TPSA) is 37.7 Å². The zero-order chi connectivity index (χ0) is 11.4. The van der Waals surface area contributed by atoms with Crippen LogP contribution in [0.4, 0.5) is 5.13 Å². The van der Waals surface area contributed by atoms with Gasteiger partial charge in [-0.05, 0) is 19.8 Å². The van der Waals surface area contributed by atoms with Gasteiger partial charge in [0.2, 0.25) is 0 Å². The molecule has 0 aliphatic carbocycles. The van der Waals surface area contributed by atoms with Gasteiger partial charge >= 0.3 is 0 Å². The van der Waals surface area contributed by atoms with Crippen LogP contribution in [0.2, 0.25) is 5.15 Å². The highest BCUT2D eigenvalue weighted by Gasteiger charge is 2.17. The van der Waals surface area contributed by atoms with Crippen LogP contribution in [0.25, 0.3) is 0 Å². The van der Waals surface area contributed by atoms with Crippen LogP contribution in [-0.2, 0) is 4.84 Å². The Labute approximate surface area is 104 Å². The first-order valence-corrected chi connectivity index (χ1v) is 6.57. The first-order chi connectivity index (χ1) is 7.81. The Hall–Kier alpha value is -0.810. The lowest BCUT2D eigenvalue weighted by Crippen LogP contribution is -2.16. The van der Waals surface area contributed by atoms with Crippen LogP contribution in [0, 0.1) is 0 Å². The van der Waals surface area contributed by atoms with Crippen LogP contribution in [0.1, 0.15) is 24.6 Å². The summed E-state index contributed by atoms with van der Waals surface area (Å²) < 4.78 is 0. The molecule has 0 unspecified atom stereocenters. The molecule has 0 spiro atoms. The van der Waals surface area contributed by atoms with Gasteiger partial charge in [-0.3, -0.25) is 0 Å². The Bertz CT molecular complexity index is 374. The van der Waals surface area contributed by atoms with E-state index in [0.29, 0.717) is 11.8 Å². The highest BCUT2D eigenvalue weighted by molar-refractivity contribution is 7.17. The monoisotopic (exact) mass is 259 g/mol. The van der Waals surface area contributed by atoms with Crippen LogP contribution in [-0.4, -0.2) is 30.9 Å². The van der Waals surface area contributed by atoms with Crippen LogP contribution in [0.15, 0.2) is 5.16 Å². The number of thiazole rings is 1. The lowest BCUT2D eigenvalue weighted by molar-refractivity contribution is 0.160. The molecule has 4 nitrogen and oxygen atoms in total. The lowest BCUT2D eigenvalue weighted by atomic mass is 10.4. The third kappa shape index (κ3) is 2.65. The summed E-state index contributed by atoms with van der Waals surface area (Å²) in [6, 6.07) is 0. The van der Waals surface area contributed by atoms with Gasteiger partial charge in [-0.25, -0.2) is 4.98 Å². The van der Waals surface area contributed by atoms with Crippen LogP contribution < -0.4 is 4.90 Å². The fourth-order valence-corrected chi connectivity index (χ4v) is 2.75. The zero-order valence-electron chi connectivity index (χ0n) is 9.15. The molecule has 1 fully saturated rings. The minimum Gasteiger partial charge on any atom is -0.396 e. The molecule has 1 aliphatic heterocycles. The fraction of sp³-hybridized carbons (Fsp3) is 0.600. The normalized spacial score (nSPS) is 16.2. The van der Waals surface area contributed by atoms with E-state index in [1.807, 2.05) is 6.92 Å². The van der Waals surface area contributed by atoms with Crippen molar-refractivity contribution < 1.29 is 4.84 Å². The molecular formula is C10H14ClN3OS. The molecule has 2 heterocycles. The quantitative estimate of drug-likeness (QED) is 0.616. The minimum absolute atomic E-state index is 0.510. The van der Waals surface area contributed by atoms with Crippen LogP contribution in [0.5, 0.6) is 0 Å². The summed E-state index contributed by atoms with van der Waals surface area (Å²) in [7, 11) is 0. The molecule has 1 aromatic rings. The molecule has 0 radical (unpaired) electrons. The van der Waals surface area contributed by atoms with Gasteiger partial charge in [0.05, 0.1) is 11.1 Å². The molecule has 0 aromatic carbocycles. The van der Waals surface area contributed by atoms with E-state index in [0.717, 1.165) is 23.1 Å². The van der Waals surface area contributed by atoms with E-state index in [2.05, 4.69) is 15.0 Å². The fourth-order valence-electron chi connectivity index (χ4n) is 1.59. The maximum absolute atomic E-state index is 6.03. The Balaban J connectivity index is 2.08. The SMILES string of the molecule is CCO/N=C/c1sc(N2CCCC2)nc1Cl. The molecule has 0 atom stereocenters. The predicted molar refractivity (Wildman–Crippen MR) is 67.8 cm³/mol. The minimum atomic E-state index is 0.510. The Morgan fingerprint density at radius 1 is 1.56 bits per heavy atom. The van der Waals surface area contributed by atoms with Crippen molar-refractivity contribution in [2.24, 2.45) is 5.16 Å². The van der Waals surface area contributed by atoms with Gasteiger partial charge in [-0.1, -0.05) is 28.1 Å². The van der Waals surface area contributed by atoms with Crippen molar-refractivity contribution in [2.45, 2.75) is 19.8 Å². The third-order valence-electron chi connectivity index (χ3n) is 2.35. The molecule has 1 aliphatic rings. The third-order valence-corrected chi connectivity index (χ3v) is 3.80. The Morgan fingerprint density at radius 3 is 3.00 bits per heavy atom. The molecular weight excluding hydrogens is 246 g/mol. The molecule has 0 saturated carbocycles. The number of hydrogen-bond donors (Lipinski definition) is 0. The summed E-state index contributed by atoms with van der Waals surface area (Å²) in [4.78, 5) is 12.4. The van der Waals surface area contributed by atoms with Gasteiger partial charge in [0.1, 0.15) is 6.61 Å². The molecule has 0 bridgehead atoms. The number of halogens is 1. The second kappa shape index (κ2) is 5.50. The average Bonchev–Trinajstić information content (AvgIpc) is 2.88. The summed E-state index contributed by atoms with van der Waals surface area (Å²) in [6.45, 7) is 4.60. The molecule has 88 valence electrons. The highest BCUT2D eigenvalue weighted by atomic mass is 35.5. The van der Waals surface area contributed by atoms with Gasteiger partial charge in [-0.2, -0.15) is 0 Å². The van der Waals surface area contributed by atoms with Crippen LogP contribution >= 0.6 is 22.9 Å². The van der Waals surface area contributed by atoms with Crippen molar-refractivity contribution in [3.05, 3.63) is 10.0 Å². The summed E-state index contributed by atoms with van der Waals surface area (Å²) in [5, 5.41) is 5.30. The standard InChI is InChI=1S/C10H14ClN3OS/c1-2-15-12-7-8-9(11)13-10(16-8)14-5-3-4-6-14/h7H,2-6H2,1H3/b12-7+. The van der Waals surface area contributed by atoms with E-state index in [4.69, 9.17) is 16.4 Å². The molecule has 6 heteroatoms. The largest absolute Gasteiger partial charge is 0.396 e. The van der Waals surface area contributed by atoms with Gasteiger partial charge in [-0.15, -0.1) is 0 Å². The molecule has 2 rings (SSSR count). The Morgan fingerprint density at radius 2 is 2.31 bits per heavy atom. The van der Waals surface area contributed by atoms with E-state index in [1.165, 1.54) is 12.8 Å². The van der Waals surface area contributed by atoms with Gasteiger partial charge in [0.15, 0.2) is 10.3 Å². The van der Waals surface area contributed by atoms with Crippen molar-refractivity contribution in [1.29, 1.82) is 0 Å². The maximum atomic E-state index is 6.03. The van der Waals surface area contributed by atoms with Gasteiger partial charge in [0, 0.05) is 13.1 Å². The summed E-state index contributed by atoms with van der Waals surface area (Å²) >= 11 is 7.59. The van der Waals surface area contributed by atoms with E-state index in [-0.39, 0.29) is 0 Å². The second-order valence-electron chi connectivity index (χ2n) is 3.50. The second-order valence-corrected chi connectivity index (χ2v) is 4.87. The number of rotatable bonds is 4. The van der Waals surface area contributed by atoms with Crippen molar-refractivity contribution in [1.82, 2.24) is 4.98 Å². The highest BCUT2D eigenvalue weighted by Crippen LogP contribution is 2.30. The number of aromatic nitrogens is 1. The maximum Gasteiger partial charge on any atom is 0.187 e. The van der Waals surface area contributed by atoms with E-state index in [1.54, 1.807) is 17.6 Å². The van der Waals surface area contributed by atoms with E-state index < -0.39 is 0 Å². The van der Waals surface area contributed by atoms with Gasteiger partial charge in [0.25, 0.3) is 0 Å². The molecule has 1 aromatic heterocycles. The lowest BCUT2D eigenvalue weighted by Gasteiger charge is -2.11. The van der Waals surface area contributed by atoms with Crippen molar-refractivity contribution in [2.75, 3.05) is 24.6 Å². The summed E-state index contributed by atoms with van der Waals surface area (Å²) in [6.07, 6.45) is 4.10. The van der Waals surface area contributed by atoms with E-state index in [9.17, 15) is 0 Å². The Kier molecular flexibility index (Phi) is 4.01. The van der Waals surface area contributed by atoms with Crippen molar-refractivity contribution in [3.8, 4) is 0 Å². The first kappa shape index (κ1) is 11.7. The average molecular weight is 260 g/mol. The first-order valence-electron chi connectivity index (χ1n) is 5.38. The molecule has 0 N–H and O–H groups in total. The van der Waals surface area contributed by atoms with Crippen molar-refractivity contribution >= 4 is 34.3 Å². The number of oxime groups is 1. The molecule has 0 amide bonds. The predicted octanol–water partition coefficient (Wildman–Crippen LogP) is 2.77. The number of nitrogens with zero attached hydrogens (tertiary/aromatic N) is 3. The number of hydrogen-bond acceptors (Lipinski definition) is 5. The summed E-state index contributed by atoms with van der Waals surface area (Å²) in [5.74, 6) is 0. The molecule has 16 heavy (non-hydrogen) atoms. The molecule has 1 saturated heterocycles. The summed E-state index contributed by atoms with van der Waals surface area (Å²) in [5.41, 5.74) is 0. The van der Waals surface area contributed by atoms with Gasteiger partial charge < -0.3 is 9.74 Å². The zero-order valence-corrected chi connectivity index (χ0v) is 10.7.